The van der Waals surface area contributed by atoms with Gasteiger partial charge in [-0.05, 0) is 75.1 Å². The molecule has 0 bridgehead atoms. The molecule has 1 heterocycles. The van der Waals surface area contributed by atoms with Crippen molar-refractivity contribution in [2.75, 3.05) is 5.32 Å². The van der Waals surface area contributed by atoms with E-state index in [0.717, 1.165) is 16.7 Å². The molecule has 0 atom stereocenters. The molecule has 0 fully saturated rings. The van der Waals surface area contributed by atoms with Gasteiger partial charge in [-0.1, -0.05) is 42.5 Å². The largest absolute Gasteiger partial charge is 0.481 e. The van der Waals surface area contributed by atoms with Crippen molar-refractivity contribution in [3.63, 3.8) is 0 Å². The number of anilines is 1. The van der Waals surface area contributed by atoms with Crippen LogP contribution < -0.4 is 10.0 Å². The van der Waals surface area contributed by atoms with Gasteiger partial charge in [0.15, 0.2) is 0 Å². The van der Waals surface area contributed by atoms with E-state index in [2.05, 4.69) is 20.0 Å². The maximum atomic E-state index is 13.0. The number of carboxylic acids is 1. The number of sulfonamides is 1. The molecule has 0 radical (unpaired) electrons. The monoisotopic (exact) mass is 520 g/mol. The number of carboxylic acid groups (broad SMARTS) is 1. The summed E-state index contributed by atoms with van der Waals surface area (Å²) in [7, 11) is -3.85. The molecule has 9 heteroatoms. The predicted molar refractivity (Wildman–Crippen MR) is 147 cm³/mol. The Labute approximate surface area is 218 Å². The van der Waals surface area contributed by atoms with Crippen LogP contribution >= 0.6 is 0 Å². The van der Waals surface area contributed by atoms with Gasteiger partial charge in [-0.2, -0.15) is 0 Å². The lowest BCUT2D eigenvalue weighted by Crippen LogP contribution is -2.38. The summed E-state index contributed by atoms with van der Waals surface area (Å²) in [4.78, 5) is 19.8. The number of hydrogen-bond donors (Lipinski definition) is 3. The number of carbonyl (C=O) groups is 1. The Bertz CT molecular complexity index is 1360. The van der Waals surface area contributed by atoms with Crippen molar-refractivity contribution in [3.8, 4) is 0 Å². The molecule has 0 saturated carbocycles. The second-order valence-corrected chi connectivity index (χ2v) is 11.1. The van der Waals surface area contributed by atoms with E-state index in [9.17, 15) is 13.2 Å². The quantitative estimate of drug-likeness (QED) is 0.200. The average Bonchev–Trinajstić information content (AvgIpc) is 2.84. The molecule has 37 heavy (non-hydrogen) atoms. The maximum Gasteiger partial charge on any atom is 0.303 e. The minimum absolute atomic E-state index is 0.0899. The van der Waals surface area contributed by atoms with Crippen molar-refractivity contribution in [1.29, 1.82) is 0 Å². The zero-order valence-corrected chi connectivity index (χ0v) is 22.0. The summed E-state index contributed by atoms with van der Waals surface area (Å²) in [5.74, 6) is -0.729. The molecule has 1 aromatic heterocycles. The summed E-state index contributed by atoms with van der Waals surface area (Å²) in [6.45, 7) is 5.63. The third-order valence-electron chi connectivity index (χ3n) is 5.08. The first kappa shape index (κ1) is 27.6. The topological polar surface area (TPSA) is 121 Å². The molecule has 0 aliphatic rings. The second kappa shape index (κ2) is 12.3. The van der Waals surface area contributed by atoms with Crippen LogP contribution in [0.1, 0.15) is 51.2 Å². The van der Waals surface area contributed by atoms with Gasteiger partial charge in [0.2, 0.25) is 5.96 Å². The third kappa shape index (κ3) is 8.88. The number of allylic oxidation sites excluding steroid dienone is 1. The molecule has 3 aromatic rings. The van der Waals surface area contributed by atoms with E-state index in [1.807, 2.05) is 63.2 Å². The molecule has 3 N–H and O–H groups in total. The Balaban J connectivity index is 1.93. The van der Waals surface area contributed by atoms with Crippen LogP contribution in [0.5, 0.6) is 0 Å². The van der Waals surface area contributed by atoms with E-state index in [4.69, 9.17) is 5.11 Å². The first-order chi connectivity index (χ1) is 17.5. The van der Waals surface area contributed by atoms with Gasteiger partial charge in [-0.25, -0.2) is 18.1 Å². The van der Waals surface area contributed by atoms with Gasteiger partial charge in [-0.15, -0.1) is 0 Å². The van der Waals surface area contributed by atoms with Crippen molar-refractivity contribution in [1.82, 2.24) is 9.71 Å². The summed E-state index contributed by atoms with van der Waals surface area (Å²) in [6, 6.07) is 19.4. The normalized spacial score (nSPS) is 12.7. The number of aromatic nitrogens is 1. The number of unbranched alkanes of at least 4 members (excludes halogenated alkanes) is 1. The van der Waals surface area contributed by atoms with Gasteiger partial charge in [0.25, 0.3) is 10.0 Å². The standard InChI is InChI=1S/C28H32N4O4S/c1-28(2,3)31-27(32-37(35,36)24-14-5-4-6-15-24)30-23-13-9-11-21(19-23)25(16-7-8-17-26(33)34)22-12-10-18-29-20-22/h4-6,9-16,18-20H,7-8,17H2,1-3H3,(H,33,34)(H2,30,31,32)/b25-16+. The van der Waals surface area contributed by atoms with Crippen molar-refractivity contribution in [3.05, 3.63) is 96.3 Å². The van der Waals surface area contributed by atoms with E-state index < -0.39 is 21.5 Å². The Kier molecular flexibility index (Phi) is 9.19. The highest BCUT2D eigenvalue weighted by molar-refractivity contribution is 7.90. The van der Waals surface area contributed by atoms with Crippen molar-refractivity contribution >= 4 is 33.2 Å². The lowest BCUT2D eigenvalue weighted by molar-refractivity contribution is -0.137. The Morgan fingerprint density at radius 3 is 2.41 bits per heavy atom. The highest BCUT2D eigenvalue weighted by Crippen LogP contribution is 2.26. The summed E-state index contributed by atoms with van der Waals surface area (Å²) in [6.07, 6.45) is 6.64. The van der Waals surface area contributed by atoms with Crippen LogP contribution in [0.2, 0.25) is 0 Å². The predicted octanol–water partition coefficient (Wildman–Crippen LogP) is 5.31. The average molecular weight is 521 g/mol. The maximum absolute atomic E-state index is 13.0. The van der Waals surface area contributed by atoms with E-state index >= 15 is 0 Å². The Morgan fingerprint density at radius 2 is 1.76 bits per heavy atom. The molecule has 0 spiro atoms. The fraction of sp³-hybridized carbons (Fsp3) is 0.250. The number of nitrogens with zero attached hydrogens (tertiary/aromatic N) is 2. The smallest absolute Gasteiger partial charge is 0.303 e. The van der Waals surface area contributed by atoms with E-state index in [0.29, 0.717) is 18.5 Å². The SMILES string of the molecule is CC(C)(C)N=C(Nc1cccc(/C(=C\CCCC(=O)O)c2cccnc2)c1)NS(=O)(=O)c1ccccc1. The molecule has 3 rings (SSSR count). The Hall–Kier alpha value is -3.98. The molecular weight excluding hydrogens is 488 g/mol. The van der Waals surface area contributed by atoms with Gasteiger partial charge in [-0.3, -0.25) is 9.78 Å². The molecule has 0 aliphatic carbocycles. The first-order valence-corrected chi connectivity index (χ1v) is 13.4. The molecule has 0 saturated heterocycles. The molecule has 2 aromatic carbocycles. The van der Waals surface area contributed by atoms with Gasteiger partial charge < -0.3 is 10.4 Å². The van der Waals surface area contributed by atoms with E-state index in [-0.39, 0.29) is 17.3 Å². The number of guanidine groups is 1. The highest BCUT2D eigenvalue weighted by Gasteiger charge is 2.19. The van der Waals surface area contributed by atoms with Gasteiger partial charge in [0, 0.05) is 30.1 Å². The zero-order chi connectivity index (χ0) is 26.9. The molecule has 0 unspecified atom stereocenters. The number of benzene rings is 2. The molecule has 194 valence electrons. The lowest BCUT2D eigenvalue weighted by atomic mass is 9.97. The van der Waals surface area contributed by atoms with E-state index in [1.165, 1.54) is 12.1 Å². The lowest BCUT2D eigenvalue weighted by Gasteiger charge is -2.19. The number of pyridine rings is 1. The van der Waals surface area contributed by atoms with Crippen LogP contribution in [0.25, 0.3) is 5.57 Å². The number of nitrogens with one attached hydrogen (secondary N) is 2. The van der Waals surface area contributed by atoms with Crippen molar-refractivity contribution in [2.24, 2.45) is 4.99 Å². The second-order valence-electron chi connectivity index (χ2n) is 9.40. The van der Waals surface area contributed by atoms with Crippen LogP contribution in [0.3, 0.4) is 0 Å². The highest BCUT2D eigenvalue weighted by atomic mass is 32.2. The summed E-state index contributed by atoms with van der Waals surface area (Å²) < 4.78 is 28.5. The minimum atomic E-state index is -3.85. The van der Waals surface area contributed by atoms with Crippen LogP contribution in [0, 0.1) is 0 Å². The first-order valence-electron chi connectivity index (χ1n) is 11.9. The molecular formula is C28H32N4O4S. The van der Waals surface area contributed by atoms with Crippen LogP contribution in [-0.2, 0) is 14.8 Å². The van der Waals surface area contributed by atoms with Crippen molar-refractivity contribution in [2.45, 2.75) is 50.5 Å². The van der Waals surface area contributed by atoms with Crippen LogP contribution in [-0.4, -0.2) is 36.0 Å². The Morgan fingerprint density at radius 1 is 1.03 bits per heavy atom. The molecule has 0 amide bonds. The van der Waals surface area contributed by atoms with Gasteiger partial charge in [0.1, 0.15) is 0 Å². The van der Waals surface area contributed by atoms with Crippen LogP contribution in [0.4, 0.5) is 5.69 Å². The summed E-state index contributed by atoms with van der Waals surface area (Å²) >= 11 is 0. The van der Waals surface area contributed by atoms with Gasteiger partial charge in [0.05, 0.1) is 10.4 Å². The molecule has 0 aliphatic heterocycles. The summed E-state index contributed by atoms with van der Waals surface area (Å²) in [5.41, 5.74) is 2.75. The number of aliphatic carboxylic acids is 1. The summed E-state index contributed by atoms with van der Waals surface area (Å²) in [5, 5.41) is 12.1. The van der Waals surface area contributed by atoms with Crippen LogP contribution in [0.15, 0.2) is 95.1 Å². The third-order valence-corrected chi connectivity index (χ3v) is 6.44. The fourth-order valence-corrected chi connectivity index (χ4v) is 4.51. The minimum Gasteiger partial charge on any atom is -0.481 e. The zero-order valence-electron chi connectivity index (χ0n) is 21.2. The number of rotatable bonds is 9. The van der Waals surface area contributed by atoms with Crippen molar-refractivity contribution < 1.29 is 18.3 Å². The molecule has 8 nitrogen and oxygen atoms in total. The number of aliphatic imine (C=N–C) groups is 1. The number of hydrogen-bond acceptors (Lipinski definition) is 5. The fourth-order valence-electron chi connectivity index (χ4n) is 3.52. The van der Waals surface area contributed by atoms with Gasteiger partial charge >= 0.3 is 5.97 Å². The van der Waals surface area contributed by atoms with E-state index in [1.54, 1.807) is 30.6 Å².